The van der Waals surface area contributed by atoms with Gasteiger partial charge >= 0.3 is 0 Å². The van der Waals surface area contributed by atoms with Crippen LogP contribution in [0.4, 0.5) is 5.69 Å². The summed E-state index contributed by atoms with van der Waals surface area (Å²) in [6.45, 7) is 3.69. The van der Waals surface area contributed by atoms with Crippen LogP contribution in [0.2, 0.25) is 5.02 Å². The number of nitrogens with zero attached hydrogens (tertiary/aromatic N) is 1. The predicted octanol–water partition coefficient (Wildman–Crippen LogP) is 3.46. The molecule has 1 N–H and O–H groups in total. The number of anilines is 1. The highest BCUT2D eigenvalue weighted by Gasteiger charge is 2.21. The summed E-state index contributed by atoms with van der Waals surface area (Å²) in [5, 5.41) is 0.0584. The van der Waals surface area contributed by atoms with E-state index in [0.717, 1.165) is 11.1 Å². The molecule has 0 aliphatic carbocycles. The van der Waals surface area contributed by atoms with Gasteiger partial charge in [-0.15, -0.1) is 0 Å². The number of hydrogen-bond acceptors (Lipinski definition) is 3. The van der Waals surface area contributed by atoms with Crippen LogP contribution in [0, 0.1) is 13.8 Å². The first-order valence-corrected chi connectivity index (χ1v) is 9.09. The number of aryl methyl sites for hydroxylation is 2. The maximum atomic E-state index is 12.7. The van der Waals surface area contributed by atoms with Crippen molar-refractivity contribution in [1.29, 1.82) is 0 Å². The van der Waals surface area contributed by atoms with Gasteiger partial charge in [0, 0.05) is 19.7 Å². The minimum atomic E-state index is -3.92. The molecule has 0 radical (unpaired) electrons. The van der Waals surface area contributed by atoms with E-state index in [4.69, 9.17) is 11.6 Å². The number of halogens is 1. The molecule has 128 valence electrons. The topological polar surface area (TPSA) is 66.5 Å². The molecule has 0 atom stereocenters. The molecule has 0 heterocycles. The summed E-state index contributed by atoms with van der Waals surface area (Å²) in [7, 11) is -0.724. The Morgan fingerprint density at radius 3 is 2.38 bits per heavy atom. The summed E-state index contributed by atoms with van der Waals surface area (Å²) < 4.78 is 28.0. The van der Waals surface area contributed by atoms with E-state index >= 15 is 0 Å². The second-order valence-electron chi connectivity index (χ2n) is 5.77. The minimum Gasteiger partial charge on any atom is -0.345 e. The van der Waals surface area contributed by atoms with Crippen LogP contribution in [0.25, 0.3) is 0 Å². The van der Waals surface area contributed by atoms with Gasteiger partial charge in [-0.25, -0.2) is 8.42 Å². The lowest BCUT2D eigenvalue weighted by molar-refractivity contribution is 0.0827. The van der Waals surface area contributed by atoms with Crippen LogP contribution in [-0.4, -0.2) is 33.3 Å². The Morgan fingerprint density at radius 1 is 1.08 bits per heavy atom. The third kappa shape index (κ3) is 3.88. The maximum Gasteiger partial charge on any atom is 0.263 e. The van der Waals surface area contributed by atoms with Gasteiger partial charge in [-0.05, 0) is 49.2 Å². The lowest BCUT2D eigenvalue weighted by Gasteiger charge is -2.14. The molecule has 0 fully saturated rings. The van der Waals surface area contributed by atoms with Gasteiger partial charge in [0.15, 0.2) is 0 Å². The lowest BCUT2D eigenvalue weighted by Crippen LogP contribution is -2.22. The Kier molecular flexibility index (Phi) is 5.20. The van der Waals surface area contributed by atoms with E-state index in [1.165, 1.54) is 23.1 Å². The average molecular weight is 367 g/mol. The van der Waals surface area contributed by atoms with Crippen LogP contribution < -0.4 is 4.72 Å². The maximum absolute atomic E-state index is 12.7. The van der Waals surface area contributed by atoms with Crippen LogP contribution in [-0.2, 0) is 10.0 Å². The van der Waals surface area contributed by atoms with Gasteiger partial charge in [0.2, 0.25) is 0 Å². The average Bonchev–Trinajstić information content (AvgIpc) is 2.50. The van der Waals surface area contributed by atoms with Gasteiger partial charge in [-0.2, -0.15) is 0 Å². The van der Waals surface area contributed by atoms with Crippen LogP contribution in [0.3, 0.4) is 0 Å². The van der Waals surface area contributed by atoms with E-state index in [-0.39, 0.29) is 21.4 Å². The number of benzene rings is 2. The van der Waals surface area contributed by atoms with Gasteiger partial charge in [0.25, 0.3) is 15.9 Å². The van der Waals surface area contributed by atoms with Crippen molar-refractivity contribution >= 4 is 33.2 Å². The highest BCUT2D eigenvalue weighted by molar-refractivity contribution is 7.92. The number of rotatable bonds is 4. The van der Waals surface area contributed by atoms with E-state index < -0.39 is 10.0 Å². The monoisotopic (exact) mass is 366 g/mol. The number of carbonyl (C=O) groups is 1. The molecule has 2 aromatic carbocycles. The van der Waals surface area contributed by atoms with Crippen molar-refractivity contribution in [1.82, 2.24) is 4.90 Å². The van der Waals surface area contributed by atoms with Gasteiger partial charge in [-0.3, -0.25) is 9.52 Å². The standard InChI is InChI=1S/C17H19ClN2O3S/c1-11-5-6-12(2)15(9-11)19-24(22,23)16-10-13(7-8-14(16)18)17(21)20(3)4/h5-10,19H,1-4H3. The SMILES string of the molecule is Cc1ccc(C)c(NS(=O)(=O)c2cc(C(=O)N(C)C)ccc2Cl)c1. The summed E-state index contributed by atoms with van der Waals surface area (Å²) in [6, 6.07) is 9.68. The Morgan fingerprint density at radius 2 is 1.75 bits per heavy atom. The summed E-state index contributed by atoms with van der Waals surface area (Å²) in [5.74, 6) is -0.296. The summed E-state index contributed by atoms with van der Waals surface area (Å²) in [5.41, 5.74) is 2.46. The molecule has 0 saturated carbocycles. The lowest BCUT2D eigenvalue weighted by atomic mass is 10.1. The molecule has 2 rings (SSSR count). The van der Waals surface area contributed by atoms with E-state index in [1.54, 1.807) is 20.2 Å². The molecule has 0 bridgehead atoms. The van der Waals surface area contributed by atoms with Gasteiger partial charge < -0.3 is 4.90 Å². The molecule has 5 nitrogen and oxygen atoms in total. The van der Waals surface area contributed by atoms with Crippen molar-refractivity contribution in [2.45, 2.75) is 18.7 Å². The normalized spacial score (nSPS) is 11.2. The molecule has 0 spiro atoms. The number of hydrogen-bond donors (Lipinski definition) is 1. The zero-order valence-electron chi connectivity index (χ0n) is 13.9. The molecule has 0 aromatic heterocycles. The first-order chi connectivity index (χ1) is 11.1. The molecule has 0 saturated heterocycles. The zero-order valence-corrected chi connectivity index (χ0v) is 15.5. The van der Waals surface area contributed by atoms with Gasteiger partial charge in [0.1, 0.15) is 4.90 Å². The van der Waals surface area contributed by atoms with E-state index in [0.29, 0.717) is 5.69 Å². The second-order valence-corrected chi connectivity index (χ2v) is 7.83. The fourth-order valence-corrected chi connectivity index (χ4v) is 3.79. The van der Waals surface area contributed by atoms with E-state index in [1.807, 2.05) is 26.0 Å². The first-order valence-electron chi connectivity index (χ1n) is 7.23. The van der Waals surface area contributed by atoms with Crippen molar-refractivity contribution in [3.05, 3.63) is 58.1 Å². The van der Waals surface area contributed by atoms with Crippen LogP contribution in [0.15, 0.2) is 41.3 Å². The molecular weight excluding hydrogens is 348 g/mol. The van der Waals surface area contributed by atoms with Crippen molar-refractivity contribution < 1.29 is 13.2 Å². The summed E-state index contributed by atoms with van der Waals surface area (Å²) in [6.07, 6.45) is 0. The van der Waals surface area contributed by atoms with Gasteiger partial charge in [0.05, 0.1) is 10.7 Å². The van der Waals surface area contributed by atoms with E-state index in [9.17, 15) is 13.2 Å². The molecule has 2 aromatic rings. The van der Waals surface area contributed by atoms with Crippen molar-refractivity contribution in [2.24, 2.45) is 0 Å². The number of nitrogens with one attached hydrogen (secondary N) is 1. The predicted molar refractivity (Wildman–Crippen MR) is 96.2 cm³/mol. The number of carbonyl (C=O) groups excluding carboxylic acids is 1. The largest absolute Gasteiger partial charge is 0.345 e. The number of amides is 1. The second kappa shape index (κ2) is 6.83. The molecule has 7 heteroatoms. The molecule has 24 heavy (non-hydrogen) atoms. The summed E-state index contributed by atoms with van der Waals surface area (Å²) in [4.78, 5) is 13.3. The zero-order chi connectivity index (χ0) is 18.1. The van der Waals surface area contributed by atoms with Crippen LogP contribution >= 0.6 is 11.6 Å². The van der Waals surface area contributed by atoms with Crippen molar-refractivity contribution in [2.75, 3.05) is 18.8 Å². The smallest absolute Gasteiger partial charge is 0.263 e. The van der Waals surface area contributed by atoms with Gasteiger partial charge in [-0.1, -0.05) is 23.7 Å². The van der Waals surface area contributed by atoms with Crippen molar-refractivity contribution in [3.63, 3.8) is 0 Å². The molecule has 0 aliphatic rings. The molecule has 1 amide bonds. The minimum absolute atomic E-state index is 0.0584. The summed E-state index contributed by atoms with van der Waals surface area (Å²) >= 11 is 6.06. The number of sulfonamides is 1. The Bertz CT molecular complexity index is 893. The highest BCUT2D eigenvalue weighted by Crippen LogP contribution is 2.27. The third-order valence-corrected chi connectivity index (χ3v) is 5.36. The third-order valence-electron chi connectivity index (χ3n) is 3.51. The van der Waals surface area contributed by atoms with Crippen molar-refractivity contribution in [3.8, 4) is 0 Å². The molecular formula is C17H19ClN2O3S. The van der Waals surface area contributed by atoms with Crippen LogP contribution in [0.5, 0.6) is 0 Å². The van der Waals surface area contributed by atoms with E-state index in [2.05, 4.69) is 4.72 Å². The Labute approximate surface area is 147 Å². The molecule has 0 aliphatic heterocycles. The quantitative estimate of drug-likeness (QED) is 0.901. The highest BCUT2D eigenvalue weighted by atomic mass is 35.5. The Hall–Kier alpha value is -2.05. The molecule has 0 unspecified atom stereocenters. The fourth-order valence-electron chi connectivity index (χ4n) is 2.15. The van der Waals surface area contributed by atoms with Crippen LogP contribution in [0.1, 0.15) is 21.5 Å². The fraction of sp³-hybridized carbons (Fsp3) is 0.235. The Balaban J connectivity index is 2.47. The first kappa shape index (κ1) is 18.3.